The lowest BCUT2D eigenvalue weighted by atomic mass is 9.95. The van der Waals surface area contributed by atoms with Gasteiger partial charge in [0.1, 0.15) is 5.82 Å². The van der Waals surface area contributed by atoms with Crippen molar-refractivity contribution >= 4 is 11.8 Å². The summed E-state index contributed by atoms with van der Waals surface area (Å²) in [4.78, 5) is 21.0. The number of nitrogens with zero attached hydrogens (tertiary/aromatic N) is 3. The van der Waals surface area contributed by atoms with E-state index in [9.17, 15) is 4.79 Å². The fourth-order valence-electron chi connectivity index (χ4n) is 3.59. The van der Waals surface area contributed by atoms with Gasteiger partial charge in [-0.25, -0.2) is 9.78 Å². The molecule has 5 heteroatoms. The Balaban J connectivity index is 1.48. The van der Waals surface area contributed by atoms with Crippen molar-refractivity contribution in [1.82, 2.24) is 15.2 Å². The number of hydrogen-bond acceptors (Lipinski definition) is 3. The highest BCUT2D eigenvalue weighted by Gasteiger charge is 2.21. The number of carbonyl (C=O) groups is 1. The lowest BCUT2D eigenvalue weighted by molar-refractivity contribution is 0.173. The van der Waals surface area contributed by atoms with Gasteiger partial charge in [-0.2, -0.15) is 0 Å². The number of anilines is 1. The fourth-order valence-corrected chi connectivity index (χ4v) is 3.59. The predicted molar refractivity (Wildman–Crippen MR) is 92.6 cm³/mol. The highest BCUT2D eigenvalue weighted by atomic mass is 16.2. The molecule has 1 aromatic heterocycles. The molecule has 0 bridgehead atoms. The third-order valence-corrected chi connectivity index (χ3v) is 5.13. The van der Waals surface area contributed by atoms with Crippen molar-refractivity contribution in [3.05, 3.63) is 23.9 Å². The van der Waals surface area contributed by atoms with Crippen LogP contribution < -0.4 is 10.2 Å². The summed E-state index contributed by atoms with van der Waals surface area (Å²) in [5.74, 6) is 1.05. The first kappa shape index (κ1) is 16.1. The van der Waals surface area contributed by atoms with E-state index >= 15 is 0 Å². The minimum absolute atomic E-state index is 0.0283. The van der Waals surface area contributed by atoms with Gasteiger partial charge in [-0.15, -0.1) is 0 Å². The van der Waals surface area contributed by atoms with Crippen LogP contribution in [-0.4, -0.2) is 42.1 Å². The number of amides is 2. The summed E-state index contributed by atoms with van der Waals surface area (Å²) in [5, 5.41) is 3.02. The quantitative estimate of drug-likeness (QED) is 0.928. The number of pyridine rings is 1. The number of carbonyl (C=O) groups excluding carboxylic acids is 1. The summed E-state index contributed by atoms with van der Waals surface area (Å²) >= 11 is 0. The molecule has 1 saturated carbocycles. The Hall–Kier alpha value is -1.78. The Labute approximate surface area is 139 Å². The van der Waals surface area contributed by atoms with E-state index in [-0.39, 0.29) is 6.03 Å². The van der Waals surface area contributed by atoms with Crippen LogP contribution in [0.15, 0.2) is 18.3 Å². The van der Waals surface area contributed by atoms with Crippen molar-refractivity contribution in [3.8, 4) is 0 Å². The third kappa shape index (κ3) is 4.15. The molecule has 0 atom stereocenters. The topological polar surface area (TPSA) is 48.5 Å². The maximum Gasteiger partial charge on any atom is 0.317 e. The van der Waals surface area contributed by atoms with E-state index in [0.29, 0.717) is 12.6 Å². The molecule has 126 valence electrons. The van der Waals surface area contributed by atoms with E-state index in [1.54, 1.807) is 0 Å². The number of rotatable bonds is 4. The normalized spacial score (nSPS) is 18.9. The Bertz CT molecular complexity index is 504. The molecule has 0 spiro atoms. The zero-order valence-electron chi connectivity index (χ0n) is 14.1. The average molecular weight is 316 g/mol. The highest BCUT2D eigenvalue weighted by molar-refractivity contribution is 5.74. The van der Waals surface area contributed by atoms with Crippen LogP contribution in [0.3, 0.4) is 0 Å². The van der Waals surface area contributed by atoms with E-state index in [0.717, 1.165) is 37.3 Å². The number of nitrogens with one attached hydrogen (secondary N) is 1. The lowest BCUT2D eigenvalue weighted by Crippen LogP contribution is -2.44. The summed E-state index contributed by atoms with van der Waals surface area (Å²) in [6, 6.07) is 4.57. The maximum absolute atomic E-state index is 12.3. The zero-order chi connectivity index (χ0) is 16.1. The second-order valence-corrected chi connectivity index (χ2v) is 6.78. The van der Waals surface area contributed by atoms with Crippen molar-refractivity contribution in [3.63, 3.8) is 0 Å². The van der Waals surface area contributed by atoms with Crippen LogP contribution >= 0.6 is 0 Å². The standard InChI is InChI=1S/C18H28N4O/c1-21(16-7-3-2-4-8-16)18(23)20-14-15-9-10-17(19-13-15)22-11-5-6-12-22/h9-10,13,16H,2-8,11-12,14H2,1H3,(H,20,23). The van der Waals surface area contributed by atoms with Crippen LogP contribution in [0.2, 0.25) is 0 Å². The molecule has 1 aliphatic heterocycles. The molecule has 2 heterocycles. The van der Waals surface area contributed by atoms with Crippen LogP contribution in [0.5, 0.6) is 0 Å². The highest BCUT2D eigenvalue weighted by Crippen LogP contribution is 2.21. The molecular formula is C18H28N4O. The molecule has 23 heavy (non-hydrogen) atoms. The van der Waals surface area contributed by atoms with Gasteiger partial charge in [-0.1, -0.05) is 25.3 Å². The Morgan fingerprint density at radius 1 is 1.22 bits per heavy atom. The first-order valence-corrected chi connectivity index (χ1v) is 8.94. The largest absolute Gasteiger partial charge is 0.357 e. The molecule has 1 aromatic rings. The number of urea groups is 1. The van der Waals surface area contributed by atoms with Gasteiger partial charge < -0.3 is 15.1 Å². The van der Waals surface area contributed by atoms with Gasteiger partial charge in [0.2, 0.25) is 0 Å². The van der Waals surface area contributed by atoms with E-state index in [2.05, 4.69) is 27.3 Å². The van der Waals surface area contributed by atoms with Gasteiger partial charge in [0.25, 0.3) is 0 Å². The van der Waals surface area contributed by atoms with Gasteiger partial charge in [-0.3, -0.25) is 0 Å². The van der Waals surface area contributed by atoms with Crippen LogP contribution in [0.4, 0.5) is 10.6 Å². The van der Waals surface area contributed by atoms with Crippen molar-refractivity contribution < 1.29 is 4.79 Å². The van der Waals surface area contributed by atoms with Crippen molar-refractivity contribution in [2.45, 2.75) is 57.5 Å². The van der Waals surface area contributed by atoms with E-state index in [1.807, 2.05) is 18.1 Å². The van der Waals surface area contributed by atoms with Crippen LogP contribution in [0, 0.1) is 0 Å². The second kappa shape index (κ2) is 7.66. The van der Waals surface area contributed by atoms with Gasteiger partial charge >= 0.3 is 6.03 Å². The second-order valence-electron chi connectivity index (χ2n) is 6.78. The minimum Gasteiger partial charge on any atom is -0.357 e. The molecule has 1 aliphatic carbocycles. The van der Waals surface area contributed by atoms with Crippen LogP contribution in [-0.2, 0) is 6.54 Å². The molecular weight excluding hydrogens is 288 g/mol. The van der Waals surface area contributed by atoms with Crippen molar-refractivity contribution in [1.29, 1.82) is 0 Å². The van der Waals surface area contributed by atoms with Crippen LogP contribution in [0.25, 0.3) is 0 Å². The summed E-state index contributed by atoms with van der Waals surface area (Å²) < 4.78 is 0. The molecule has 2 amide bonds. The molecule has 5 nitrogen and oxygen atoms in total. The third-order valence-electron chi connectivity index (χ3n) is 5.13. The molecule has 1 N–H and O–H groups in total. The number of aromatic nitrogens is 1. The maximum atomic E-state index is 12.3. The van der Waals surface area contributed by atoms with Gasteiger partial charge in [0.05, 0.1) is 0 Å². The monoisotopic (exact) mass is 316 g/mol. The Kier molecular flexibility index (Phi) is 5.36. The van der Waals surface area contributed by atoms with E-state index < -0.39 is 0 Å². The van der Waals surface area contributed by atoms with E-state index in [4.69, 9.17) is 0 Å². The SMILES string of the molecule is CN(C(=O)NCc1ccc(N2CCCC2)nc1)C1CCCCC1. The summed E-state index contributed by atoms with van der Waals surface area (Å²) in [5.41, 5.74) is 1.05. The van der Waals surface area contributed by atoms with Crippen LogP contribution in [0.1, 0.15) is 50.5 Å². The molecule has 1 saturated heterocycles. The van der Waals surface area contributed by atoms with E-state index in [1.165, 1.54) is 32.1 Å². The minimum atomic E-state index is 0.0283. The lowest BCUT2D eigenvalue weighted by Gasteiger charge is -2.31. The Morgan fingerprint density at radius 3 is 2.61 bits per heavy atom. The molecule has 3 rings (SSSR count). The molecule has 0 radical (unpaired) electrons. The molecule has 0 unspecified atom stereocenters. The Morgan fingerprint density at radius 2 is 1.96 bits per heavy atom. The van der Waals surface area contributed by atoms with Crippen molar-refractivity contribution in [2.24, 2.45) is 0 Å². The first-order chi connectivity index (χ1) is 11.2. The molecule has 2 fully saturated rings. The summed E-state index contributed by atoms with van der Waals surface area (Å²) in [6.45, 7) is 2.76. The number of hydrogen-bond donors (Lipinski definition) is 1. The molecule has 0 aromatic carbocycles. The predicted octanol–water partition coefficient (Wildman–Crippen LogP) is 3.16. The average Bonchev–Trinajstić information content (AvgIpc) is 3.15. The fraction of sp³-hybridized carbons (Fsp3) is 0.667. The summed E-state index contributed by atoms with van der Waals surface area (Å²) in [7, 11) is 1.92. The summed E-state index contributed by atoms with van der Waals surface area (Å²) in [6.07, 6.45) is 10.5. The molecule has 2 aliphatic rings. The van der Waals surface area contributed by atoms with Gasteiger partial charge in [-0.05, 0) is 37.3 Å². The van der Waals surface area contributed by atoms with Gasteiger partial charge in [0.15, 0.2) is 0 Å². The van der Waals surface area contributed by atoms with Gasteiger partial charge in [0, 0.05) is 38.9 Å². The first-order valence-electron chi connectivity index (χ1n) is 8.94. The zero-order valence-corrected chi connectivity index (χ0v) is 14.1. The van der Waals surface area contributed by atoms with Crippen molar-refractivity contribution in [2.75, 3.05) is 25.0 Å². The smallest absolute Gasteiger partial charge is 0.317 e.